The number of halogens is 4. The second kappa shape index (κ2) is 6.24. The maximum absolute atomic E-state index is 12.9. The van der Waals surface area contributed by atoms with Crippen LogP contribution < -0.4 is 61.6 Å². The predicted octanol–water partition coefficient (Wildman–Crippen LogP) is -0.717. The zero-order valence-electron chi connectivity index (χ0n) is 8.44. The van der Waals surface area contributed by atoms with Crippen molar-refractivity contribution in [3.63, 3.8) is 0 Å². The monoisotopic (exact) mass is 246 g/mol. The molecule has 0 unspecified atom stereocenters. The van der Waals surface area contributed by atoms with E-state index in [1.807, 2.05) is 0 Å². The Morgan fingerprint density at radius 2 is 1.87 bits per heavy atom. The molecule has 0 fully saturated rings. The molecule has 0 heterocycles. The van der Waals surface area contributed by atoms with Gasteiger partial charge in [-0.15, -0.1) is 0 Å². The Bertz CT molecular complexity index is 329. The molecule has 0 radical (unpaired) electrons. The SMILES string of the molecule is CCOc1cccc(F)c1[B-](F)(F)F.[K+]. The largest absolute Gasteiger partial charge is 1.00 e. The summed E-state index contributed by atoms with van der Waals surface area (Å²) < 4.78 is 54.7. The van der Waals surface area contributed by atoms with Crippen molar-refractivity contribution in [1.29, 1.82) is 0 Å². The number of hydrogen-bond acceptors (Lipinski definition) is 1. The zero-order valence-corrected chi connectivity index (χ0v) is 11.6. The molecule has 1 aromatic rings. The van der Waals surface area contributed by atoms with Gasteiger partial charge in [0.2, 0.25) is 0 Å². The Morgan fingerprint density at radius 3 is 2.33 bits per heavy atom. The van der Waals surface area contributed by atoms with Crippen LogP contribution in [-0.2, 0) is 0 Å². The van der Waals surface area contributed by atoms with Crippen LogP contribution in [0.15, 0.2) is 18.2 Å². The average molecular weight is 246 g/mol. The van der Waals surface area contributed by atoms with Gasteiger partial charge in [-0.3, -0.25) is 0 Å². The summed E-state index contributed by atoms with van der Waals surface area (Å²) in [4.78, 5) is 0. The molecular weight excluding hydrogens is 238 g/mol. The summed E-state index contributed by atoms with van der Waals surface area (Å²) >= 11 is 0. The first-order valence-corrected chi connectivity index (χ1v) is 4.08. The minimum absolute atomic E-state index is 0. The molecule has 15 heavy (non-hydrogen) atoms. The topological polar surface area (TPSA) is 9.23 Å². The molecule has 0 atom stereocenters. The summed E-state index contributed by atoms with van der Waals surface area (Å²) in [6.45, 7) is -3.76. The summed E-state index contributed by atoms with van der Waals surface area (Å²) in [7, 11) is 0. The molecule has 0 saturated carbocycles. The van der Waals surface area contributed by atoms with Gasteiger partial charge in [0.1, 0.15) is 0 Å². The van der Waals surface area contributed by atoms with E-state index < -0.39 is 24.0 Å². The molecule has 1 nitrogen and oxygen atoms in total. The molecule has 0 spiro atoms. The van der Waals surface area contributed by atoms with Gasteiger partial charge in [-0.2, -0.15) is 0 Å². The predicted molar refractivity (Wildman–Crippen MR) is 46.3 cm³/mol. The van der Waals surface area contributed by atoms with Crippen molar-refractivity contribution >= 4 is 12.4 Å². The van der Waals surface area contributed by atoms with Crippen molar-refractivity contribution < 1.29 is 73.5 Å². The van der Waals surface area contributed by atoms with Crippen molar-refractivity contribution in [3.8, 4) is 5.75 Å². The van der Waals surface area contributed by atoms with Gasteiger partial charge in [0.05, 0.1) is 18.2 Å². The normalized spacial score (nSPS) is 10.7. The van der Waals surface area contributed by atoms with Crippen molar-refractivity contribution in [2.75, 3.05) is 6.61 Å². The first-order valence-electron chi connectivity index (χ1n) is 4.08. The summed E-state index contributed by atoms with van der Waals surface area (Å²) in [5, 5.41) is 0. The Hall–Kier alpha value is 0.441. The van der Waals surface area contributed by atoms with Crippen molar-refractivity contribution in [3.05, 3.63) is 24.0 Å². The molecule has 78 valence electrons. The smallest absolute Gasteiger partial charge is 0.497 e. The van der Waals surface area contributed by atoms with Crippen LogP contribution in [-0.4, -0.2) is 13.6 Å². The van der Waals surface area contributed by atoms with E-state index in [1.54, 1.807) is 0 Å². The fraction of sp³-hybridized carbons (Fsp3) is 0.250. The minimum atomic E-state index is -5.37. The molecule has 0 aliphatic rings. The van der Waals surface area contributed by atoms with E-state index in [0.717, 1.165) is 12.1 Å². The van der Waals surface area contributed by atoms with Gasteiger partial charge in [0.15, 0.2) is 0 Å². The van der Waals surface area contributed by atoms with Gasteiger partial charge < -0.3 is 17.7 Å². The summed E-state index contributed by atoms with van der Waals surface area (Å²) in [6.07, 6.45) is 0. The third kappa shape index (κ3) is 4.07. The van der Waals surface area contributed by atoms with Crippen molar-refractivity contribution in [1.82, 2.24) is 0 Å². The molecule has 0 saturated heterocycles. The van der Waals surface area contributed by atoms with Crippen LogP contribution >= 0.6 is 0 Å². The molecule has 0 aliphatic carbocycles. The van der Waals surface area contributed by atoms with Crippen LogP contribution in [0.3, 0.4) is 0 Å². The van der Waals surface area contributed by atoms with Gasteiger partial charge in [0.25, 0.3) is 0 Å². The van der Waals surface area contributed by atoms with Crippen LogP contribution in [0.2, 0.25) is 0 Å². The standard InChI is InChI=1S/C8H8BF4O.K/c1-2-14-7-5-3-4-6(10)8(7)9(11,12)13;/h3-5H,2H2,1H3;/q-1;+1. The van der Waals surface area contributed by atoms with E-state index in [2.05, 4.69) is 0 Å². The fourth-order valence-corrected chi connectivity index (χ4v) is 1.12. The third-order valence-corrected chi connectivity index (χ3v) is 1.64. The molecule has 0 amide bonds. The van der Waals surface area contributed by atoms with Crippen LogP contribution in [0.1, 0.15) is 6.92 Å². The van der Waals surface area contributed by atoms with Gasteiger partial charge in [-0.25, -0.2) is 4.39 Å². The van der Waals surface area contributed by atoms with Gasteiger partial charge in [-0.1, -0.05) is 6.07 Å². The minimum Gasteiger partial charge on any atom is -0.497 e. The number of rotatable bonds is 3. The summed E-state index contributed by atoms with van der Waals surface area (Å²) in [5.41, 5.74) is -1.28. The van der Waals surface area contributed by atoms with Gasteiger partial charge >= 0.3 is 58.4 Å². The molecule has 1 aromatic carbocycles. The van der Waals surface area contributed by atoms with Crippen LogP contribution in [0.4, 0.5) is 17.3 Å². The molecule has 7 heteroatoms. The quantitative estimate of drug-likeness (QED) is 0.505. The van der Waals surface area contributed by atoms with E-state index in [1.165, 1.54) is 13.0 Å². The number of hydrogen-bond donors (Lipinski definition) is 0. The molecule has 0 N–H and O–H groups in total. The molecular formula is C8H8BF4KO. The van der Waals surface area contributed by atoms with Crippen LogP contribution in [0, 0.1) is 5.82 Å². The first kappa shape index (κ1) is 15.4. The average Bonchev–Trinajstić information content (AvgIpc) is 2.02. The fourth-order valence-electron chi connectivity index (χ4n) is 1.12. The Balaban J connectivity index is 0.00000196. The Labute approximate surface area is 128 Å². The number of ether oxygens (including phenoxy) is 1. The zero-order chi connectivity index (χ0) is 10.8. The number of benzene rings is 1. The van der Waals surface area contributed by atoms with E-state index in [4.69, 9.17) is 4.74 Å². The van der Waals surface area contributed by atoms with Crippen molar-refractivity contribution in [2.45, 2.75) is 6.92 Å². The van der Waals surface area contributed by atoms with Crippen LogP contribution in [0.25, 0.3) is 0 Å². The van der Waals surface area contributed by atoms with E-state index >= 15 is 0 Å². The molecule has 0 aromatic heterocycles. The van der Waals surface area contributed by atoms with E-state index in [0.29, 0.717) is 0 Å². The van der Waals surface area contributed by atoms with Crippen molar-refractivity contribution in [2.24, 2.45) is 0 Å². The Kier molecular flexibility index (Phi) is 6.43. The molecule has 1 rings (SSSR count). The first-order chi connectivity index (χ1) is 6.46. The second-order valence-corrected chi connectivity index (χ2v) is 2.66. The van der Waals surface area contributed by atoms with E-state index in [-0.39, 0.29) is 58.0 Å². The summed E-state index contributed by atoms with van der Waals surface area (Å²) in [5.74, 6) is -1.73. The maximum Gasteiger partial charge on any atom is 1.00 e. The maximum atomic E-state index is 12.9. The van der Waals surface area contributed by atoms with Gasteiger partial charge in [-0.05, 0) is 24.5 Å². The molecule has 0 aliphatic heterocycles. The van der Waals surface area contributed by atoms with E-state index in [9.17, 15) is 17.3 Å². The molecule has 0 bridgehead atoms. The van der Waals surface area contributed by atoms with Crippen LogP contribution in [0.5, 0.6) is 5.75 Å². The van der Waals surface area contributed by atoms with Gasteiger partial charge in [0, 0.05) is 0 Å². The third-order valence-electron chi connectivity index (χ3n) is 1.64. The second-order valence-electron chi connectivity index (χ2n) is 2.66. The summed E-state index contributed by atoms with van der Waals surface area (Å²) in [6, 6.07) is 3.07. The Morgan fingerprint density at radius 1 is 1.27 bits per heavy atom.